The number of Topliss-reactive ketones (excluding diaryl/α,β-unsaturated/α-hetero) is 1. The summed E-state index contributed by atoms with van der Waals surface area (Å²) in [6.07, 6.45) is 2.08. The highest BCUT2D eigenvalue weighted by Crippen LogP contribution is 2.42. The third-order valence-corrected chi connectivity index (χ3v) is 3.83. The van der Waals surface area contributed by atoms with Gasteiger partial charge in [-0.1, -0.05) is 24.3 Å². The van der Waals surface area contributed by atoms with E-state index in [-0.39, 0.29) is 17.1 Å². The van der Waals surface area contributed by atoms with Crippen molar-refractivity contribution in [2.24, 2.45) is 0 Å². The zero-order chi connectivity index (χ0) is 15.0. The Kier molecular flexibility index (Phi) is 3.42. The number of carbonyl (C=O) groups excluding carboxylic acids is 2. The van der Waals surface area contributed by atoms with Gasteiger partial charge in [0.1, 0.15) is 5.82 Å². The summed E-state index contributed by atoms with van der Waals surface area (Å²) in [6.45, 7) is 1.53. The third-order valence-electron chi connectivity index (χ3n) is 3.83. The van der Waals surface area contributed by atoms with E-state index in [4.69, 9.17) is 0 Å². The first-order valence-electron chi connectivity index (χ1n) is 7.02. The molecule has 0 atom stereocenters. The van der Waals surface area contributed by atoms with Crippen molar-refractivity contribution in [3.8, 4) is 0 Å². The number of carbonyl (C=O) groups is 2. The fourth-order valence-electron chi connectivity index (χ4n) is 2.56. The molecule has 0 spiro atoms. The molecule has 0 N–H and O–H groups in total. The molecule has 1 aliphatic carbocycles. The molecule has 1 fully saturated rings. The van der Waals surface area contributed by atoms with Crippen LogP contribution in [0.2, 0.25) is 0 Å². The lowest BCUT2D eigenvalue weighted by Gasteiger charge is -2.09. The molecule has 2 aromatic carbocycles. The largest absolute Gasteiger partial charge is 0.295 e. The average Bonchev–Trinajstić information content (AvgIpc) is 3.31. The van der Waals surface area contributed by atoms with Crippen molar-refractivity contribution in [3.63, 3.8) is 0 Å². The molecule has 0 saturated heterocycles. The lowest BCUT2D eigenvalue weighted by molar-refractivity contribution is 0.101. The van der Waals surface area contributed by atoms with Crippen molar-refractivity contribution >= 4 is 11.6 Å². The van der Waals surface area contributed by atoms with Crippen LogP contribution in [0.3, 0.4) is 0 Å². The van der Waals surface area contributed by atoms with E-state index in [1.54, 1.807) is 30.3 Å². The quantitative estimate of drug-likeness (QED) is 0.790. The highest BCUT2D eigenvalue weighted by Gasteiger charge is 2.28. The van der Waals surface area contributed by atoms with E-state index in [9.17, 15) is 14.0 Å². The summed E-state index contributed by atoms with van der Waals surface area (Å²) in [5, 5.41) is 0. The number of ketones is 2. The van der Waals surface area contributed by atoms with Gasteiger partial charge in [-0.25, -0.2) is 4.39 Å². The lowest BCUT2D eigenvalue weighted by atomic mass is 9.94. The van der Waals surface area contributed by atoms with Crippen molar-refractivity contribution in [2.45, 2.75) is 25.7 Å². The van der Waals surface area contributed by atoms with E-state index in [1.165, 1.54) is 19.1 Å². The topological polar surface area (TPSA) is 34.1 Å². The van der Waals surface area contributed by atoms with Crippen molar-refractivity contribution in [1.29, 1.82) is 0 Å². The Morgan fingerprint density at radius 1 is 1.05 bits per heavy atom. The average molecular weight is 282 g/mol. The minimum atomic E-state index is -0.522. The first-order valence-corrected chi connectivity index (χ1v) is 7.02. The molecule has 0 amide bonds. The van der Waals surface area contributed by atoms with Gasteiger partial charge in [0.15, 0.2) is 11.6 Å². The molecule has 3 rings (SSSR count). The van der Waals surface area contributed by atoms with Crippen LogP contribution in [0.25, 0.3) is 0 Å². The van der Waals surface area contributed by atoms with E-state index in [1.807, 2.05) is 0 Å². The monoisotopic (exact) mass is 282 g/mol. The summed E-state index contributed by atoms with van der Waals surface area (Å²) in [4.78, 5) is 24.1. The standard InChI is InChI=1S/C18H15FO2/c1-11(20)14-9-8-13(10-16(14)12-6-7-12)18(21)15-4-2-3-5-17(15)19/h2-5,8-10,12H,6-7H2,1H3. The molecule has 106 valence electrons. The molecule has 2 aromatic rings. The molecule has 3 heteroatoms. The Bertz CT molecular complexity index is 730. The molecular weight excluding hydrogens is 267 g/mol. The maximum atomic E-state index is 13.7. The number of halogens is 1. The molecular formula is C18H15FO2. The van der Waals surface area contributed by atoms with Crippen molar-refractivity contribution in [3.05, 3.63) is 70.5 Å². The van der Waals surface area contributed by atoms with E-state index in [0.29, 0.717) is 17.0 Å². The van der Waals surface area contributed by atoms with Crippen molar-refractivity contribution < 1.29 is 14.0 Å². The molecule has 1 aliphatic rings. The molecule has 0 radical (unpaired) electrons. The molecule has 0 aliphatic heterocycles. The van der Waals surface area contributed by atoms with Crippen LogP contribution in [0.1, 0.15) is 57.5 Å². The zero-order valence-corrected chi connectivity index (χ0v) is 11.7. The molecule has 0 heterocycles. The van der Waals surface area contributed by atoms with Gasteiger partial charge in [0.05, 0.1) is 5.56 Å². The molecule has 0 aromatic heterocycles. The Balaban J connectivity index is 2.03. The van der Waals surface area contributed by atoms with Crippen LogP contribution < -0.4 is 0 Å². The normalized spacial score (nSPS) is 14.0. The van der Waals surface area contributed by atoms with E-state index in [2.05, 4.69) is 0 Å². The summed E-state index contributed by atoms with van der Waals surface area (Å²) in [5.74, 6) is -0.504. The first-order chi connectivity index (χ1) is 10.1. The molecule has 1 saturated carbocycles. The van der Waals surface area contributed by atoms with Gasteiger partial charge in [-0.2, -0.15) is 0 Å². The molecule has 0 bridgehead atoms. The molecule has 2 nitrogen and oxygen atoms in total. The van der Waals surface area contributed by atoms with E-state index in [0.717, 1.165) is 18.4 Å². The summed E-state index contributed by atoms with van der Waals surface area (Å²) >= 11 is 0. The van der Waals surface area contributed by atoms with E-state index < -0.39 is 5.82 Å². The van der Waals surface area contributed by atoms with Gasteiger partial charge in [-0.05, 0) is 49.4 Å². The lowest BCUT2D eigenvalue weighted by Crippen LogP contribution is -2.07. The number of benzene rings is 2. The van der Waals surface area contributed by atoms with Crippen molar-refractivity contribution in [1.82, 2.24) is 0 Å². The van der Waals surface area contributed by atoms with Crippen LogP contribution in [0.15, 0.2) is 42.5 Å². The smallest absolute Gasteiger partial charge is 0.195 e. The van der Waals surface area contributed by atoms with Gasteiger partial charge in [-0.3, -0.25) is 9.59 Å². The van der Waals surface area contributed by atoms with Gasteiger partial charge in [0.2, 0.25) is 0 Å². The van der Waals surface area contributed by atoms with Crippen LogP contribution in [0.5, 0.6) is 0 Å². The maximum Gasteiger partial charge on any atom is 0.195 e. The molecule has 0 unspecified atom stereocenters. The Hall–Kier alpha value is -2.29. The second-order valence-corrected chi connectivity index (χ2v) is 5.44. The van der Waals surface area contributed by atoms with Gasteiger partial charge in [0.25, 0.3) is 0 Å². The minimum absolute atomic E-state index is 0.00166. The number of hydrogen-bond donors (Lipinski definition) is 0. The highest BCUT2D eigenvalue weighted by molar-refractivity contribution is 6.10. The third kappa shape index (κ3) is 2.64. The van der Waals surface area contributed by atoms with Gasteiger partial charge < -0.3 is 0 Å². The van der Waals surface area contributed by atoms with Crippen LogP contribution in [0.4, 0.5) is 4.39 Å². The predicted octanol–water partition coefficient (Wildman–Crippen LogP) is 4.14. The van der Waals surface area contributed by atoms with Crippen LogP contribution in [-0.2, 0) is 0 Å². The van der Waals surface area contributed by atoms with Gasteiger partial charge in [-0.15, -0.1) is 0 Å². The van der Waals surface area contributed by atoms with Crippen LogP contribution >= 0.6 is 0 Å². The Labute approximate surface area is 122 Å². The van der Waals surface area contributed by atoms with Crippen LogP contribution in [0, 0.1) is 5.82 Å². The summed E-state index contributed by atoms with van der Waals surface area (Å²) in [6, 6.07) is 11.0. The first kappa shape index (κ1) is 13.7. The SMILES string of the molecule is CC(=O)c1ccc(C(=O)c2ccccc2F)cc1C1CC1. The fraction of sp³-hybridized carbons (Fsp3) is 0.222. The maximum absolute atomic E-state index is 13.7. The van der Waals surface area contributed by atoms with Gasteiger partial charge >= 0.3 is 0 Å². The summed E-state index contributed by atoms with van der Waals surface area (Å²) < 4.78 is 13.7. The number of rotatable bonds is 4. The zero-order valence-electron chi connectivity index (χ0n) is 11.7. The second kappa shape index (κ2) is 5.24. The fourth-order valence-corrected chi connectivity index (χ4v) is 2.56. The molecule has 21 heavy (non-hydrogen) atoms. The van der Waals surface area contributed by atoms with Crippen LogP contribution in [-0.4, -0.2) is 11.6 Å². The number of hydrogen-bond acceptors (Lipinski definition) is 2. The summed E-state index contributed by atoms with van der Waals surface area (Å²) in [7, 11) is 0. The highest BCUT2D eigenvalue weighted by atomic mass is 19.1. The predicted molar refractivity (Wildman–Crippen MR) is 78.3 cm³/mol. The summed E-state index contributed by atoms with van der Waals surface area (Å²) in [5.41, 5.74) is 2.09. The van der Waals surface area contributed by atoms with Crippen molar-refractivity contribution in [2.75, 3.05) is 0 Å². The Morgan fingerprint density at radius 2 is 1.76 bits per heavy atom. The second-order valence-electron chi connectivity index (χ2n) is 5.44. The Morgan fingerprint density at radius 3 is 2.38 bits per heavy atom. The van der Waals surface area contributed by atoms with E-state index >= 15 is 0 Å². The minimum Gasteiger partial charge on any atom is -0.295 e. The van der Waals surface area contributed by atoms with Gasteiger partial charge in [0, 0.05) is 11.1 Å².